The lowest BCUT2D eigenvalue weighted by molar-refractivity contribution is -0.385. The molecule has 0 radical (unpaired) electrons. The second-order valence-electron chi connectivity index (χ2n) is 4.92. The first kappa shape index (κ1) is 19.2. The fourth-order valence-electron chi connectivity index (χ4n) is 2.24. The molecular formula is C13H8ClF4N3O3S. The quantitative estimate of drug-likeness (QED) is 0.368. The van der Waals surface area contributed by atoms with Gasteiger partial charge in [-0.05, 0) is 6.07 Å². The van der Waals surface area contributed by atoms with Crippen molar-refractivity contribution in [1.29, 1.82) is 0 Å². The molecule has 0 fully saturated rings. The lowest BCUT2D eigenvalue weighted by Crippen LogP contribution is -2.12. The lowest BCUT2D eigenvalue weighted by Gasteiger charge is -2.07. The molecule has 0 atom stereocenters. The number of aryl methyl sites for hydroxylation is 1. The summed E-state index contributed by atoms with van der Waals surface area (Å²) in [7, 11) is 0.972. The Labute approximate surface area is 147 Å². The zero-order valence-electron chi connectivity index (χ0n) is 12.3. The van der Waals surface area contributed by atoms with Crippen LogP contribution in [0.1, 0.15) is 11.3 Å². The van der Waals surface area contributed by atoms with Crippen LogP contribution in [0.5, 0.6) is 0 Å². The molecule has 1 aromatic heterocycles. The number of carbonyl (C=O) groups excluding carboxylic acids is 1. The Morgan fingerprint density at radius 3 is 2.48 bits per heavy atom. The van der Waals surface area contributed by atoms with Crippen LogP contribution in [0.4, 0.5) is 23.2 Å². The van der Waals surface area contributed by atoms with Gasteiger partial charge in [0.15, 0.2) is 10.8 Å². The average molecular weight is 398 g/mol. The van der Waals surface area contributed by atoms with Crippen molar-refractivity contribution < 1.29 is 27.3 Å². The van der Waals surface area contributed by atoms with E-state index in [-0.39, 0.29) is 5.56 Å². The van der Waals surface area contributed by atoms with Crippen LogP contribution in [-0.2, 0) is 24.4 Å². The Bertz CT molecular complexity index is 882. The van der Waals surface area contributed by atoms with Crippen molar-refractivity contribution in [1.82, 2.24) is 9.78 Å². The van der Waals surface area contributed by atoms with Crippen LogP contribution in [0.3, 0.4) is 0 Å². The Balaban J connectivity index is 2.72. The van der Waals surface area contributed by atoms with Crippen LogP contribution < -0.4 is 0 Å². The van der Waals surface area contributed by atoms with Crippen molar-refractivity contribution in [2.24, 2.45) is 7.05 Å². The first-order valence-electron chi connectivity index (χ1n) is 6.42. The van der Waals surface area contributed by atoms with Crippen LogP contribution in [0.2, 0.25) is 5.02 Å². The van der Waals surface area contributed by atoms with Gasteiger partial charge in [0.2, 0.25) is 0 Å². The van der Waals surface area contributed by atoms with Gasteiger partial charge in [0, 0.05) is 24.6 Å². The molecule has 6 nitrogen and oxygen atoms in total. The molecule has 1 aromatic carbocycles. The largest absolute Gasteiger partial charge is 0.434 e. The predicted octanol–water partition coefficient (Wildman–Crippen LogP) is 3.81. The summed E-state index contributed by atoms with van der Waals surface area (Å²) in [6.45, 7) is 0. The summed E-state index contributed by atoms with van der Waals surface area (Å²) in [5, 5.41) is 12.9. The van der Waals surface area contributed by atoms with Gasteiger partial charge < -0.3 is 0 Å². The summed E-state index contributed by atoms with van der Waals surface area (Å²) in [5.41, 5.74) is -3.26. The molecule has 0 N–H and O–H groups in total. The standard InChI is InChI=1S/C13H8ClF4N3O3S/c1-20-12(13(16,17)18)10(14)11(19-20)6-2-5(3-9(22)25)8(21(23)24)4-7(6)15/h2,4H,3H2,1H3,(H,22,25). The number of carbonyl (C=O) groups is 1. The van der Waals surface area contributed by atoms with Gasteiger partial charge in [0.25, 0.3) is 5.69 Å². The molecule has 0 bridgehead atoms. The van der Waals surface area contributed by atoms with E-state index in [0.29, 0.717) is 10.7 Å². The number of halogens is 5. The van der Waals surface area contributed by atoms with Crippen LogP contribution >= 0.6 is 24.2 Å². The zero-order chi connectivity index (χ0) is 19.1. The SMILES string of the molecule is Cn1nc(-c2cc(CC(=O)S)c([N+](=O)[O-])cc2F)c(Cl)c1C(F)(F)F. The van der Waals surface area contributed by atoms with Crippen LogP contribution in [0.15, 0.2) is 12.1 Å². The number of aromatic nitrogens is 2. The summed E-state index contributed by atoms with van der Waals surface area (Å²) in [5.74, 6) is -1.20. The number of thiol groups is 1. The summed E-state index contributed by atoms with van der Waals surface area (Å²) < 4.78 is 53.6. The van der Waals surface area contributed by atoms with Gasteiger partial charge >= 0.3 is 6.18 Å². The third-order valence-electron chi connectivity index (χ3n) is 3.22. The minimum Gasteiger partial charge on any atom is -0.287 e. The second kappa shape index (κ2) is 6.64. The maximum absolute atomic E-state index is 14.2. The molecule has 0 spiro atoms. The number of hydrogen-bond donors (Lipinski definition) is 1. The van der Waals surface area contributed by atoms with Gasteiger partial charge in [-0.2, -0.15) is 18.3 Å². The summed E-state index contributed by atoms with van der Waals surface area (Å²) >= 11 is 9.20. The van der Waals surface area contributed by atoms with Gasteiger partial charge in [-0.25, -0.2) is 4.39 Å². The average Bonchev–Trinajstić information content (AvgIpc) is 2.74. The minimum atomic E-state index is -4.84. The minimum absolute atomic E-state index is 0.225. The molecule has 1 heterocycles. The fraction of sp³-hybridized carbons (Fsp3) is 0.231. The molecule has 25 heavy (non-hydrogen) atoms. The second-order valence-corrected chi connectivity index (χ2v) is 5.80. The van der Waals surface area contributed by atoms with Crippen LogP contribution in [0.25, 0.3) is 11.3 Å². The van der Waals surface area contributed by atoms with Gasteiger partial charge in [0.1, 0.15) is 11.5 Å². The maximum atomic E-state index is 14.2. The third kappa shape index (κ3) is 3.76. The van der Waals surface area contributed by atoms with Gasteiger partial charge in [-0.15, -0.1) is 12.6 Å². The topological polar surface area (TPSA) is 78.0 Å². The third-order valence-corrected chi connectivity index (χ3v) is 3.74. The van der Waals surface area contributed by atoms with Gasteiger partial charge in [-0.3, -0.25) is 19.6 Å². The molecule has 0 aliphatic rings. The highest BCUT2D eigenvalue weighted by Gasteiger charge is 2.39. The van der Waals surface area contributed by atoms with E-state index in [2.05, 4.69) is 17.7 Å². The molecular weight excluding hydrogens is 390 g/mol. The van der Waals surface area contributed by atoms with Crippen molar-refractivity contribution in [3.8, 4) is 11.3 Å². The van der Waals surface area contributed by atoms with Gasteiger partial charge in [0.05, 0.1) is 16.0 Å². The molecule has 12 heteroatoms. The summed E-state index contributed by atoms with van der Waals surface area (Å²) in [6, 6.07) is 1.37. The fourth-order valence-corrected chi connectivity index (χ4v) is 2.78. The predicted molar refractivity (Wildman–Crippen MR) is 83.0 cm³/mol. The molecule has 2 aromatic rings. The van der Waals surface area contributed by atoms with Crippen molar-refractivity contribution in [3.63, 3.8) is 0 Å². The van der Waals surface area contributed by atoms with E-state index in [1.807, 2.05) is 0 Å². The first-order valence-corrected chi connectivity index (χ1v) is 7.24. The number of nitrogens with zero attached hydrogens (tertiary/aromatic N) is 3. The normalized spacial score (nSPS) is 11.6. The summed E-state index contributed by atoms with van der Waals surface area (Å²) in [4.78, 5) is 21.2. The summed E-state index contributed by atoms with van der Waals surface area (Å²) in [6.07, 6.45) is -5.36. The van der Waals surface area contributed by atoms with E-state index in [9.17, 15) is 32.5 Å². The molecule has 0 saturated carbocycles. The van der Waals surface area contributed by atoms with Crippen molar-refractivity contribution in [3.05, 3.63) is 44.3 Å². The van der Waals surface area contributed by atoms with E-state index in [0.717, 1.165) is 13.1 Å². The Morgan fingerprint density at radius 1 is 1.44 bits per heavy atom. The number of nitro benzene ring substituents is 1. The molecule has 134 valence electrons. The van der Waals surface area contributed by atoms with Crippen molar-refractivity contribution >= 4 is 35.0 Å². The van der Waals surface area contributed by atoms with E-state index in [1.54, 1.807) is 0 Å². The zero-order valence-corrected chi connectivity index (χ0v) is 13.9. The Kier molecular flexibility index (Phi) is 5.09. The molecule has 2 rings (SSSR count). The monoisotopic (exact) mass is 397 g/mol. The lowest BCUT2D eigenvalue weighted by atomic mass is 10.0. The van der Waals surface area contributed by atoms with E-state index in [4.69, 9.17) is 11.6 Å². The Morgan fingerprint density at radius 2 is 2.04 bits per heavy atom. The highest BCUT2D eigenvalue weighted by molar-refractivity contribution is 7.96. The first-order chi connectivity index (χ1) is 11.4. The number of rotatable bonds is 4. The van der Waals surface area contributed by atoms with Crippen molar-refractivity contribution in [2.75, 3.05) is 0 Å². The number of nitro groups is 1. The van der Waals surface area contributed by atoms with E-state index >= 15 is 0 Å². The van der Waals surface area contributed by atoms with Crippen LogP contribution in [-0.4, -0.2) is 19.8 Å². The maximum Gasteiger partial charge on any atom is 0.434 e. The number of alkyl halides is 3. The molecule has 0 aliphatic carbocycles. The molecule has 0 saturated heterocycles. The number of hydrogen-bond acceptors (Lipinski definition) is 4. The Hall–Kier alpha value is -2.14. The highest BCUT2D eigenvalue weighted by Crippen LogP contribution is 2.41. The molecule has 0 aliphatic heterocycles. The van der Waals surface area contributed by atoms with Crippen molar-refractivity contribution in [2.45, 2.75) is 12.6 Å². The van der Waals surface area contributed by atoms with E-state index in [1.165, 1.54) is 0 Å². The van der Waals surface area contributed by atoms with E-state index < -0.39 is 56.1 Å². The number of benzene rings is 1. The highest BCUT2D eigenvalue weighted by atomic mass is 35.5. The smallest absolute Gasteiger partial charge is 0.287 e. The molecule has 0 amide bonds. The molecule has 0 unspecified atom stereocenters. The van der Waals surface area contributed by atoms with Crippen LogP contribution in [0, 0.1) is 15.9 Å². The van der Waals surface area contributed by atoms with Gasteiger partial charge in [-0.1, -0.05) is 11.6 Å².